The molecule has 160 valence electrons. The first-order valence-electron chi connectivity index (χ1n) is 9.74. The highest BCUT2D eigenvalue weighted by molar-refractivity contribution is 7.15. The van der Waals surface area contributed by atoms with Crippen LogP contribution in [0.15, 0.2) is 66.3 Å². The number of imidazole rings is 1. The number of thiazole rings is 2. The second-order valence-electron chi connectivity index (χ2n) is 7.02. The van der Waals surface area contributed by atoms with Crippen LogP contribution >= 0.6 is 22.7 Å². The van der Waals surface area contributed by atoms with Gasteiger partial charge in [0, 0.05) is 29.0 Å². The van der Waals surface area contributed by atoms with Crippen LogP contribution in [0.25, 0.3) is 16.2 Å². The third kappa shape index (κ3) is 4.25. The Morgan fingerprint density at radius 1 is 1.12 bits per heavy atom. The Labute approximate surface area is 191 Å². The van der Waals surface area contributed by atoms with E-state index >= 15 is 0 Å². The highest BCUT2D eigenvalue weighted by Gasteiger charge is 2.16. The van der Waals surface area contributed by atoms with E-state index in [1.54, 1.807) is 30.4 Å². The lowest BCUT2D eigenvalue weighted by atomic mass is 10.1. The van der Waals surface area contributed by atoms with E-state index in [0.29, 0.717) is 27.0 Å². The molecule has 9 heteroatoms. The molecule has 1 N–H and O–H groups in total. The van der Waals surface area contributed by atoms with Crippen molar-refractivity contribution in [2.24, 2.45) is 0 Å². The minimum Gasteiger partial charge on any atom is -0.486 e. The van der Waals surface area contributed by atoms with Gasteiger partial charge in [0.25, 0.3) is 5.91 Å². The van der Waals surface area contributed by atoms with Gasteiger partial charge in [-0.15, -0.1) is 22.7 Å². The highest BCUT2D eigenvalue weighted by atomic mass is 32.1. The molecule has 6 nitrogen and oxygen atoms in total. The first kappa shape index (κ1) is 20.3. The Bertz CT molecular complexity index is 1360. The molecular formula is C23H17FN4O2S2. The number of benzene rings is 2. The van der Waals surface area contributed by atoms with Crippen LogP contribution in [0.2, 0.25) is 0 Å². The Kier molecular flexibility index (Phi) is 5.42. The monoisotopic (exact) mass is 464 g/mol. The van der Waals surface area contributed by atoms with E-state index in [0.717, 1.165) is 16.2 Å². The Morgan fingerprint density at radius 3 is 2.66 bits per heavy atom. The van der Waals surface area contributed by atoms with Gasteiger partial charge in [0.2, 0.25) is 0 Å². The zero-order valence-corrected chi connectivity index (χ0v) is 18.5. The van der Waals surface area contributed by atoms with Gasteiger partial charge in [-0.25, -0.2) is 14.4 Å². The summed E-state index contributed by atoms with van der Waals surface area (Å²) in [7, 11) is 0. The smallest absolute Gasteiger partial charge is 0.267 e. The number of hydrogen-bond donors (Lipinski definition) is 1. The molecule has 0 fully saturated rings. The molecule has 0 saturated carbocycles. The van der Waals surface area contributed by atoms with Gasteiger partial charge < -0.3 is 10.1 Å². The number of aromatic nitrogens is 3. The number of aryl methyl sites for hydroxylation is 1. The van der Waals surface area contributed by atoms with Gasteiger partial charge in [0.1, 0.15) is 28.1 Å². The molecule has 3 heterocycles. The second-order valence-corrected chi connectivity index (χ2v) is 8.97. The van der Waals surface area contributed by atoms with E-state index in [-0.39, 0.29) is 18.3 Å². The van der Waals surface area contributed by atoms with Crippen molar-refractivity contribution in [2.45, 2.75) is 13.5 Å². The van der Waals surface area contributed by atoms with Crippen molar-refractivity contribution in [1.82, 2.24) is 14.4 Å². The molecule has 0 atom stereocenters. The zero-order chi connectivity index (χ0) is 22.1. The summed E-state index contributed by atoms with van der Waals surface area (Å²) in [6.07, 6.45) is 3.96. The fourth-order valence-electron chi connectivity index (χ4n) is 3.18. The lowest BCUT2D eigenvalue weighted by Crippen LogP contribution is -2.11. The maximum Gasteiger partial charge on any atom is 0.267 e. The van der Waals surface area contributed by atoms with Crippen LogP contribution in [-0.2, 0) is 6.61 Å². The third-order valence-electron chi connectivity index (χ3n) is 4.75. The first-order valence-corrected chi connectivity index (χ1v) is 11.4. The first-order chi connectivity index (χ1) is 15.5. The average molecular weight is 465 g/mol. The number of halogens is 1. The molecule has 32 heavy (non-hydrogen) atoms. The molecule has 3 aromatic heterocycles. The number of nitrogens with one attached hydrogen (secondary N) is 1. The fraction of sp³-hybridized carbons (Fsp3) is 0.0870. The van der Waals surface area contributed by atoms with Crippen molar-refractivity contribution in [3.63, 3.8) is 0 Å². The summed E-state index contributed by atoms with van der Waals surface area (Å²) in [5, 5.41) is 5.58. The summed E-state index contributed by atoms with van der Waals surface area (Å²) in [6.45, 7) is 2.00. The molecule has 0 aliphatic rings. The van der Waals surface area contributed by atoms with Gasteiger partial charge in [0.15, 0.2) is 4.96 Å². The molecule has 0 unspecified atom stereocenters. The van der Waals surface area contributed by atoms with Gasteiger partial charge >= 0.3 is 0 Å². The molecule has 0 aliphatic carbocycles. The predicted molar refractivity (Wildman–Crippen MR) is 124 cm³/mol. The van der Waals surface area contributed by atoms with Crippen LogP contribution < -0.4 is 10.1 Å². The number of amides is 1. The topological polar surface area (TPSA) is 68.5 Å². The van der Waals surface area contributed by atoms with Crippen LogP contribution in [0.5, 0.6) is 5.75 Å². The highest BCUT2D eigenvalue weighted by Crippen LogP contribution is 2.25. The zero-order valence-electron chi connectivity index (χ0n) is 16.9. The van der Waals surface area contributed by atoms with Crippen molar-refractivity contribution in [1.29, 1.82) is 0 Å². The summed E-state index contributed by atoms with van der Waals surface area (Å²) in [5.74, 6) is 0.00497. The normalized spacial score (nSPS) is 11.1. The van der Waals surface area contributed by atoms with E-state index in [9.17, 15) is 9.18 Å². The van der Waals surface area contributed by atoms with Gasteiger partial charge in [-0.2, -0.15) is 0 Å². The Balaban J connectivity index is 1.24. The number of ether oxygens (including phenoxy) is 1. The van der Waals surface area contributed by atoms with Crippen LogP contribution in [0.1, 0.15) is 20.4 Å². The summed E-state index contributed by atoms with van der Waals surface area (Å²) in [6, 6.07) is 13.4. The van der Waals surface area contributed by atoms with E-state index in [1.807, 2.05) is 46.4 Å². The van der Waals surface area contributed by atoms with Gasteiger partial charge in [-0.3, -0.25) is 9.20 Å². The lowest BCUT2D eigenvalue weighted by molar-refractivity contribution is 0.103. The van der Waals surface area contributed by atoms with Gasteiger partial charge in [0.05, 0.1) is 11.4 Å². The van der Waals surface area contributed by atoms with E-state index in [1.165, 1.54) is 23.5 Å². The Morgan fingerprint density at radius 2 is 1.91 bits per heavy atom. The third-order valence-corrected chi connectivity index (χ3v) is 6.66. The number of fused-ring (bicyclic) bond motifs is 1. The fourth-order valence-corrected chi connectivity index (χ4v) is 4.75. The Hall–Kier alpha value is -3.56. The molecular weight excluding hydrogens is 447 g/mol. The molecule has 1 amide bonds. The molecule has 5 aromatic rings. The molecule has 0 spiro atoms. The average Bonchev–Trinajstić information content (AvgIpc) is 3.49. The minimum absolute atomic E-state index is 0.210. The van der Waals surface area contributed by atoms with E-state index in [2.05, 4.69) is 15.3 Å². The van der Waals surface area contributed by atoms with Crippen LogP contribution in [0.4, 0.5) is 10.1 Å². The molecule has 0 aliphatic heterocycles. The molecule has 0 bridgehead atoms. The van der Waals surface area contributed by atoms with Crippen LogP contribution in [0.3, 0.4) is 0 Å². The van der Waals surface area contributed by atoms with Gasteiger partial charge in [-0.05, 0) is 43.3 Å². The van der Waals surface area contributed by atoms with Crippen molar-refractivity contribution >= 4 is 39.2 Å². The van der Waals surface area contributed by atoms with E-state index < -0.39 is 0 Å². The lowest BCUT2D eigenvalue weighted by Gasteiger charge is -2.05. The number of nitrogens with zero attached hydrogens (tertiary/aromatic N) is 3. The SMILES string of the molecule is Cc1nc(COc2ccc(F)cc2)sc1C(=O)Nc1ccc(-c2cn3ccsc3n2)cc1. The summed E-state index contributed by atoms with van der Waals surface area (Å²) in [4.78, 5) is 23.3. The predicted octanol–water partition coefficient (Wildman–Crippen LogP) is 5.80. The van der Waals surface area contributed by atoms with Gasteiger partial charge in [-0.1, -0.05) is 12.1 Å². The molecule has 2 aromatic carbocycles. The van der Waals surface area contributed by atoms with E-state index in [4.69, 9.17) is 4.74 Å². The van der Waals surface area contributed by atoms with Crippen molar-refractivity contribution in [3.05, 3.63) is 87.7 Å². The summed E-state index contributed by atoms with van der Waals surface area (Å²) >= 11 is 2.86. The molecule has 0 saturated heterocycles. The van der Waals surface area contributed by atoms with Crippen LogP contribution in [-0.4, -0.2) is 20.3 Å². The number of carbonyl (C=O) groups excluding carboxylic acids is 1. The van der Waals surface area contributed by atoms with Crippen LogP contribution in [0, 0.1) is 12.7 Å². The van der Waals surface area contributed by atoms with Crippen molar-refractivity contribution in [3.8, 4) is 17.0 Å². The number of carbonyl (C=O) groups is 1. The number of rotatable bonds is 6. The number of hydrogen-bond acceptors (Lipinski definition) is 6. The molecule has 5 rings (SSSR count). The maximum absolute atomic E-state index is 13.0. The minimum atomic E-state index is -0.320. The van der Waals surface area contributed by atoms with Crippen molar-refractivity contribution in [2.75, 3.05) is 5.32 Å². The number of anilines is 1. The quantitative estimate of drug-likeness (QED) is 0.345. The largest absolute Gasteiger partial charge is 0.486 e. The standard InChI is InChI=1S/C23H17FN4O2S2/c1-14-21(32-20(25-14)13-30-18-8-4-16(24)5-9-18)22(29)26-17-6-2-15(3-7-17)19-12-28-10-11-31-23(28)27-19/h2-12H,13H2,1H3,(H,26,29). The second kappa shape index (κ2) is 8.52. The molecule has 0 radical (unpaired) electrons. The van der Waals surface area contributed by atoms with Crippen molar-refractivity contribution < 1.29 is 13.9 Å². The summed E-state index contributed by atoms with van der Waals surface area (Å²) < 4.78 is 20.6. The summed E-state index contributed by atoms with van der Waals surface area (Å²) in [5.41, 5.74) is 3.20. The maximum atomic E-state index is 13.0.